The number of hydrogen-bond donors (Lipinski definition) is 1. The van der Waals surface area contributed by atoms with Crippen molar-refractivity contribution < 1.29 is 14.6 Å². The highest BCUT2D eigenvalue weighted by Crippen LogP contribution is 2.31. The largest absolute Gasteiger partial charge is 0.481 e. The van der Waals surface area contributed by atoms with E-state index in [2.05, 4.69) is 4.90 Å². The van der Waals surface area contributed by atoms with E-state index in [0.717, 1.165) is 32.0 Å². The summed E-state index contributed by atoms with van der Waals surface area (Å²) in [4.78, 5) is 12.9. The third-order valence-corrected chi connectivity index (χ3v) is 3.23. The maximum Gasteiger partial charge on any atom is 0.303 e. The second-order valence-electron chi connectivity index (χ2n) is 4.60. The van der Waals surface area contributed by atoms with Crippen LogP contribution in [0.15, 0.2) is 0 Å². The molecule has 1 aliphatic carbocycles. The Bertz CT molecular complexity index is 228. The number of hydrogen-bond acceptors (Lipinski definition) is 3. The van der Waals surface area contributed by atoms with Crippen LogP contribution in [-0.4, -0.2) is 48.3 Å². The lowest BCUT2D eigenvalue weighted by atomic mass is 10.1. The van der Waals surface area contributed by atoms with Crippen molar-refractivity contribution in [3.63, 3.8) is 0 Å². The predicted molar refractivity (Wildman–Crippen MR) is 55.8 cm³/mol. The second kappa shape index (κ2) is 4.94. The lowest BCUT2D eigenvalue weighted by Gasteiger charge is -2.35. The van der Waals surface area contributed by atoms with Gasteiger partial charge in [0.1, 0.15) is 0 Å². The Morgan fingerprint density at radius 1 is 1.47 bits per heavy atom. The Kier molecular flexibility index (Phi) is 3.59. The van der Waals surface area contributed by atoms with Crippen LogP contribution in [-0.2, 0) is 9.53 Å². The van der Waals surface area contributed by atoms with Crippen LogP contribution in [0.2, 0.25) is 0 Å². The van der Waals surface area contributed by atoms with Gasteiger partial charge in [0.05, 0.1) is 13.2 Å². The molecule has 0 radical (unpaired) electrons. The molecule has 15 heavy (non-hydrogen) atoms. The quantitative estimate of drug-likeness (QED) is 0.739. The molecule has 1 unspecified atom stereocenters. The molecule has 86 valence electrons. The van der Waals surface area contributed by atoms with Gasteiger partial charge in [-0.05, 0) is 25.2 Å². The van der Waals surface area contributed by atoms with Crippen LogP contribution < -0.4 is 0 Å². The molecule has 1 N–H and O–H groups in total. The third kappa shape index (κ3) is 3.47. The van der Waals surface area contributed by atoms with Crippen LogP contribution in [0.5, 0.6) is 0 Å². The molecular weight excluding hydrogens is 194 g/mol. The normalized spacial score (nSPS) is 27.9. The first-order valence-corrected chi connectivity index (χ1v) is 5.79. The summed E-state index contributed by atoms with van der Waals surface area (Å²) in [6.45, 7) is 3.63. The summed E-state index contributed by atoms with van der Waals surface area (Å²) in [6, 6.07) is 0.329. The zero-order valence-corrected chi connectivity index (χ0v) is 9.02. The number of carboxylic acid groups (broad SMARTS) is 1. The first kappa shape index (κ1) is 10.9. The maximum atomic E-state index is 10.5. The van der Waals surface area contributed by atoms with Crippen molar-refractivity contribution in [2.45, 2.75) is 31.7 Å². The van der Waals surface area contributed by atoms with Gasteiger partial charge in [0.25, 0.3) is 0 Å². The minimum Gasteiger partial charge on any atom is -0.481 e. The Morgan fingerprint density at radius 3 is 2.93 bits per heavy atom. The fourth-order valence-corrected chi connectivity index (χ4v) is 2.12. The van der Waals surface area contributed by atoms with Crippen LogP contribution in [0.1, 0.15) is 25.7 Å². The van der Waals surface area contributed by atoms with Gasteiger partial charge in [0.15, 0.2) is 0 Å². The van der Waals surface area contributed by atoms with Gasteiger partial charge < -0.3 is 9.84 Å². The number of morpholine rings is 1. The van der Waals surface area contributed by atoms with Crippen molar-refractivity contribution in [2.24, 2.45) is 5.92 Å². The topological polar surface area (TPSA) is 49.8 Å². The van der Waals surface area contributed by atoms with Crippen molar-refractivity contribution in [2.75, 3.05) is 26.3 Å². The molecular formula is C11H19NO3. The highest BCUT2D eigenvalue weighted by molar-refractivity contribution is 5.66. The lowest BCUT2D eigenvalue weighted by molar-refractivity contribution is -0.137. The average Bonchev–Trinajstić information content (AvgIpc) is 3.00. The zero-order chi connectivity index (χ0) is 10.7. The number of rotatable bonds is 5. The van der Waals surface area contributed by atoms with Gasteiger partial charge in [-0.15, -0.1) is 0 Å². The third-order valence-electron chi connectivity index (χ3n) is 3.23. The molecule has 0 bridgehead atoms. The van der Waals surface area contributed by atoms with E-state index in [-0.39, 0.29) is 6.42 Å². The summed E-state index contributed by atoms with van der Waals surface area (Å²) in [7, 11) is 0. The predicted octanol–water partition coefficient (Wildman–Crippen LogP) is 0.962. The van der Waals surface area contributed by atoms with Crippen molar-refractivity contribution in [1.82, 2.24) is 4.90 Å². The molecule has 4 nitrogen and oxygen atoms in total. The van der Waals surface area contributed by atoms with Crippen molar-refractivity contribution in [3.8, 4) is 0 Å². The lowest BCUT2D eigenvalue weighted by Crippen LogP contribution is -2.46. The number of carboxylic acids is 1. The second-order valence-corrected chi connectivity index (χ2v) is 4.60. The smallest absolute Gasteiger partial charge is 0.303 e. The summed E-state index contributed by atoms with van der Waals surface area (Å²) >= 11 is 0. The number of nitrogens with zero attached hydrogens (tertiary/aromatic N) is 1. The molecule has 0 amide bonds. The summed E-state index contributed by atoms with van der Waals surface area (Å²) in [5, 5.41) is 8.67. The van der Waals surface area contributed by atoms with E-state index >= 15 is 0 Å². The van der Waals surface area contributed by atoms with Crippen LogP contribution in [0, 0.1) is 5.92 Å². The Labute approximate surface area is 90.2 Å². The molecule has 1 aliphatic heterocycles. The number of aliphatic carboxylic acids is 1. The number of carbonyl (C=O) groups is 1. The van der Waals surface area contributed by atoms with E-state index in [1.165, 1.54) is 12.8 Å². The molecule has 0 aromatic heterocycles. The Hall–Kier alpha value is -0.610. The summed E-state index contributed by atoms with van der Waals surface area (Å²) in [5.74, 6) is 0.169. The van der Waals surface area contributed by atoms with Gasteiger partial charge in [-0.25, -0.2) is 0 Å². The molecule has 2 rings (SSSR count). The van der Waals surface area contributed by atoms with Crippen LogP contribution in [0.4, 0.5) is 0 Å². The van der Waals surface area contributed by atoms with Gasteiger partial charge in [-0.1, -0.05) is 0 Å². The summed E-state index contributed by atoms with van der Waals surface area (Å²) in [5.41, 5.74) is 0. The van der Waals surface area contributed by atoms with E-state index in [4.69, 9.17) is 9.84 Å². The first-order valence-electron chi connectivity index (χ1n) is 5.79. The van der Waals surface area contributed by atoms with E-state index in [0.29, 0.717) is 12.6 Å². The molecule has 1 saturated heterocycles. The summed E-state index contributed by atoms with van der Waals surface area (Å²) < 4.78 is 5.41. The Morgan fingerprint density at radius 2 is 2.27 bits per heavy atom. The SMILES string of the molecule is O=C(O)CCC1COCCN1CC1CC1. The standard InChI is InChI=1S/C11H19NO3/c13-11(14)4-3-10-8-15-6-5-12(10)7-9-1-2-9/h9-10H,1-8H2,(H,13,14). The van der Waals surface area contributed by atoms with Gasteiger partial charge in [0.2, 0.25) is 0 Å². The first-order chi connectivity index (χ1) is 7.25. The molecule has 0 aromatic rings. The molecule has 1 saturated carbocycles. The monoisotopic (exact) mass is 213 g/mol. The van der Waals surface area contributed by atoms with Gasteiger partial charge in [-0.3, -0.25) is 9.69 Å². The Balaban J connectivity index is 1.78. The van der Waals surface area contributed by atoms with E-state index in [9.17, 15) is 4.79 Å². The molecule has 1 atom stereocenters. The number of ether oxygens (including phenoxy) is 1. The average molecular weight is 213 g/mol. The minimum absolute atomic E-state index is 0.259. The van der Waals surface area contributed by atoms with E-state index in [1.807, 2.05) is 0 Å². The molecule has 2 aliphatic rings. The molecule has 4 heteroatoms. The van der Waals surface area contributed by atoms with Gasteiger partial charge >= 0.3 is 5.97 Å². The molecule has 1 heterocycles. The molecule has 2 fully saturated rings. The highest BCUT2D eigenvalue weighted by Gasteiger charge is 2.30. The van der Waals surface area contributed by atoms with Crippen LogP contribution in [0.25, 0.3) is 0 Å². The highest BCUT2D eigenvalue weighted by atomic mass is 16.5. The molecule has 0 aromatic carbocycles. The van der Waals surface area contributed by atoms with Gasteiger partial charge in [-0.2, -0.15) is 0 Å². The van der Waals surface area contributed by atoms with Gasteiger partial charge in [0, 0.05) is 25.6 Å². The fourth-order valence-electron chi connectivity index (χ4n) is 2.12. The van der Waals surface area contributed by atoms with Crippen molar-refractivity contribution in [3.05, 3.63) is 0 Å². The maximum absolute atomic E-state index is 10.5. The van der Waals surface area contributed by atoms with Crippen LogP contribution >= 0.6 is 0 Å². The fraction of sp³-hybridized carbons (Fsp3) is 0.909. The zero-order valence-electron chi connectivity index (χ0n) is 9.02. The van der Waals surface area contributed by atoms with Crippen LogP contribution in [0.3, 0.4) is 0 Å². The van der Waals surface area contributed by atoms with E-state index in [1.54, 1.807) is 0 Å². The van der Waals surface area contributed by atoms with Crippen molar-refractivity contribution in [1.29, 1.82) is 0 Å². The van der Waals surface area contributed by atoms with E-state index < -0.39 is 5.97 Å². The minimum atomic E-state index is -0.702. The summed E-state index contributed by atoms with van der Waals surface area (Å²) in [6.07, 6.45) is 3.68. The van der Waals surface area contributed by atoms with Crippen molar-refractivity contribution >= 4 is 5.97 Å². The molecule has 0 spiro atoms.